The molecule has 0 bridgehead atoms. The molecule has 0 saturated heterocycles. The van der Waals surface area contributed by atoms with Crippen LogP contribution in [0.2, 0.25) is 0 Å². The van der Waals surface area contributed by atoms with Gasteiger partial charge in [-0.1, -0.05) is 78.8 Å². The standard InChI is InChI=1S/C28H30O4/c1-3-26-21(13-14-23(26)19-25(30)17-20-9-5-4-6-10-20)15-16-24(29)18-22-11-7-8-12-27(22)28(31)32-2/h4-14,26H,3,15-19H2,1-2H3. The minimum Gasteiger partial charge on any atom is -0.465 e. The molecule has 0 saturated carbocycles. The Kier molecular flexibility index (Phi) is 8.32. The number of methoxy groups -OCH3 is 1. The van der Waals surface area contributed by atoms with Gasteiger partial charge in [-0.3, -0.25) is 9.59 Å². The summed E-state index contributed by atoms with van der Waals surface area (Å²) in [5.41, 5.74) is 4.53. The summed E-state index contributed by atoms with van der Waals surface area (Å²) in [5.74, 6) is 0.105. The number of benzene rings is 2. The lowest BCUT2D eigenvalue weighted by atomic mass is 9.86. The predicted octanol–water partition coefficient (Wildman–Crippen LogP) is 5.46. The topological polar surface area (TPSA) is 60.4 Å². The highest BCUT2D eigenvalue weighted by atomic mass is 16.5. The molecule has 0 spiro atoms. The van der Waals surface area contributed by atoms with E-state index < -0.39 is 5.97 Å². The lowest BCUT2D eigenvalue weighted by Gasteiger charge is -2.17. The van der Waals surface area contributed by atoms with Crippen LogP contribution in [-0.4, -0.2) is 24.6 Å². The quantitative estimate of drug-likeness (QED) is 0.444. The van der Waals surface area contributed by atoms with Gasteiger partial charge < -0.3 is 4.74 Å². The first-order valence-electron chi connectivity index (χ1n) is 11.1. The van der Waals surface area contributed by atoms with Crippen LogP contribution in [0.15, 0.2) is 77.9 Å². The molecule has 166 valence electrons. The molecule has 0 fully saturated rings. The van der Waals surface area contributed by atoms with Crippen molar-refractivity contribution in [2.75, 3.05) is 7.11 Å². The van der Waals surface area contributed by atoms with Crippen molar-refractivity contribution in [1.29, 1.82) is 0 Å². The molecule has 0 amide bonds. The maximum atomic E-state index is 12.6. The first-order valence-corrected chi connectivity index (χ1v) is 11.1. The first kappa shape index (κ1) is 23.4. The van der Waals surface area contributed by atoms with Gasteiger partial charge in [0.25, 0.3) is 0 Å². The normalized spacial score (nSPS) is 15.1. The minimum absolute atomic E-state index is 0.0886. The summed E-state index contributed by atoms with van der Waals surface area (Å²) >= 11 is 0. The molecule has 1 aliphatic rings. The fourth-order valence-corrected chi connectivity index (χ4v) is 4.33. The summed E-state index contributed by atoms with van der Waals surface area (Å²) in [4.78, 5) is 37.1. The van der Waals surface area contributed by atoms with Crippen LogP contribution in [0, 0.1) is 5.92 Å². The van der Waals surface area contributed by atoms with Crippen LogP contribution >= 0.6 is 0 Å². The highest BCUT2D eigenvalue weighted by Crippen LogP contribution is 2.35. The highest BCUT2D eigenvalue weighted by Gasteiger charge is 2.24. The molecule has 1 atom stereocenters. The van der Waals surface area contributed by atoms with E-state index in [2.05, 4.69) is 19.1 Å². The van der Waals surface area contributed by atoms with E-state index >= 15 is 0 Å². The Hall–Kier alpha value is -3.27. The second kappa shape index (κ2) is 11.4. The summed E-state index contributed by atoms with van der Waals surface area (Å²) in [7, 11) is 1.34. The minimum atomic E-state index is -0.424. The maximum Gasteiger partial charge on any atom is 0.338 e. The van der Waals surface area contributed by atoms with Crippen LogP contribution in [-0.2, 0) is 27.2 Å². The monoisotopic (exact) mass is 430 g/mol. The first-order chi connectivity index (χ1) is 15.5. The number of carbonyl (C=O) groups is 3. The second-order valence-corrected chi connectivity index (χ2v) is 8.19. The average molecular weight is 431 g/mol. The summed E-state index contributed by atoms with van der Waals surface area (Å²) in [6.45, 7) is 2.12. The summed E-state index contributed by atoms with van der Waals surface area (Å²) in [6, 6.07) is 16.9. The number of rotatable bonds is 11. The van der Waals surface area contributed by atoms with Crippen LogP contribution in [0.3, 0.4) is 0 Å². The Bertz CT molecular complexity index is 1030. The summed E-state index contributed by atoms with van der Waals surface area (Å²) < 4.78 is 4.82. The molecule has 2 aromatic rings. The fourth-order valence-electron chi connectivity index (χ4n) is 4.33. The van der Waals surface area contributed by atoms with E-state index in [9.17, 15) is 14.4 Å². The number of hydrogen-bond donors (Lipinski definition) is 0. The number of esters is 1. The molecule has 1 aliphatic carbocycles. The fraction of sp³-hybridized carbons (Fsp3) is 0.321. The van der Waals surface area contributed by atoms with Crippen molar-refractivity contribution in [2.45, 2.75) is 45.4 Å². The van der Waals surface area contributed by atoms with E-state index in [-0.39, 0.29) is 23.9 Å². The number of ketones is 2. The molecule has 0 aromatic heterocycles. The molecule has 0 N–H and O–H groups in total. The van der Waals surface area contributed by atoms with Crippen molar-refractivity contribution < 1.29 is 19.1 Å². The van der Waals surface area contributed by atoms with Gasteiger partial charge in [-0.05, 0) is 30.0 Å². The molecule has 0 radical (unpaired) electrons. The van der Waals surface area contributed by atoms with Gasteiger partial charge in [0.2, 0.25) is 0 Å². The van der Waals surface area contributed by atoms with Crippen LogP contribution in [0.1, 0.15) is 54.1 Å². The van der Waals surface area contributed by atoms with Gasteiger partial charge in [0, 0.05) is 31.6 Å². The van der Waals surface area contributed by atoms with Gasteiger partial charge >= 0.3 is 5.97 Å². The van der Waals surface area contributed by atoms with Gasteiger partial charge in [0.1, 0.15) is 11.6 Å². The third-order valence-electron chi connectivity index (χ3n) is 5.96. The third kappa shape index (κ3) is 6.13. The largest absolute Gasteiger partial charge is 0.465 e. The van der Waals surface area contributed by atoms with E-state index in [1.54, 1.807) is 18.2 Å². The lowest BCUT2D eigenvalue weighted by molar-refractivity contribution is -0.119. The number of allylic oxidation sites excluding steroid dienone is 4. The van der Waals surface area contributed by atoms with Crippen molar-refractivity contribution in [3.05, 3.63) is 94.6 Å². The number of ether oxygens (including phenoxy) is 1. The second-order valence-electron chi connectivity index (χ2n) is 8.19. The Balaban J connectivity index is 1.52. The summed E-state index contributed by atoms with van der Waals surface area (Å²) in [5, 5.41) is 0. The van der Waals surface area contributed by atoms with Crippen LogP contribution in [0.5, 0.6) is 0 Å². The molecule has 3 rings (SSSR count). The van der Waals surface area contributed by atoms with E-state index in [1.807, 2.05) is 36.4 Å². The molecular weight excluding hydrogens is 400 g/mol. The SMILES string of the molecule is CCC1C(CCC(=O)Cc2ccccc2C(=O)OC)=CC=C1CC(=O)Cc1ccccc1. The average Bonchev–Trinajstić information content (AvgIpc) is 3.19. The van der Waals surface area contributed by atoms with E-state index in [0.717, 1.165) is 17.6 Å². The van der Waals surface area contributed by atoms with E-state index in [4.69, 9.17) is 4.74 Å². The third-order valence-corrected chi connectivity index (χ3v) is 5.96. The maximum absolute atomic E-state index is 12.6. The van der Waals surface area contributed by atoms with Gasteiger partial charge in [-0.25, -0.2) is 4.79 Å². The molecule has 2 aromatic carbocycles. The zero-order valence-electron chi connectivity index (χ0n) is 18.8. The van der Waals surface area contributed by atoms with Crippen molar-refractivity contribution in [3.8, 4) is 0 Å². The zero-order valence-corrected chi connectivity index (χ0v) is 18.8. The van der Waals surface area contributed by atoms with Crippen molar-refractivity contribution >= 4 is 17.5 Å². The molecule has 4 heteroatoms. The molecular formula is C28H30O4. The molecule has 1 unspecified atom stereocenters. The Morgan fingerprint density at radius 3 is 2.22 bits per heavy atom. The van der Waals surface area contributed by atoms with Crippen molar-refractivity contribution in [2.24, 2.45) is 5.92 Å². The molecule has 0 heterocycles. The smallest absolute Gasteiger partial charge is 0.338 e. The van der Waals surface area contributed by atoms with Gasteiger partial charge in [-0.2, -0.15) is 0 Å². The van der Waals surface area contributed by atoms with Gasteiger partial charge in [0.05, 0.1) is 12.7 Å². The van der Waals surface area contributed by atoms with E-state index in [0.29, 0.717) is 36.8 Å². The predicted molar refractivity (Wildman–Crippen MR) is 125 cm³/mol. The van der Waals surface area contributed by atoms with Gasteiger partial charge in [-0.15, -0.1) is 0 Å². The van der Waals surface area contributed by atoms with Crippen LogP contribution in [0.4, 0.5) is 0 Å². The Labute approximate surface area is 190 Å². The van der Waals surface area contributed by atoms with Crippen LogP contribution in [0.25, 0.3) is 0 Å². The molecule has 4 nitrogen and oxygen atoms in total. The van der Waals surface area contributed by atoms with Crippen LogP contribution < -0.4 is 0 Å². The lowest BCUT2D eigenvalue weighted by Crippen LogP contribution is -2.12. The number of Topliss-reactive ketones (excluding diaryl/α,β-unsaturated/α-hetero) is 2. The van der Waals surface area contributed by atoms with Crippen molar-refractivity contribution in [1.82, 2.24) is 0 Å². The molecule has 32 heavy (non-hydrogen) atoms. The Morgan fingerprint density at radius 1 is 0.812 bits per heavy atom. The van der Waals surface area contributed by atoms with E-state index in [1.165, 1.54) is 12.7 Å². The summed E-state index contributed by atoms with van der Waals surface area (Å²) in [6.07, 6.45) is 7.25. The highest BCUT2D eigenvalue weighted by molar-refractivity contribution is 5.93. The zero-order chi connectivity index (χ0) is 22.9. The number of carbonyl (C=O) groups excluding carboxylic acids is 3. The Morgan fingerprint density at radius 2 is 1.50 bits per heavy atom. The molecule has 0 aliphatic heterocycles. The van der Waals surface area contributed by atoms with Gasteiger partial charge in [0.15, 0.2) is 0 Å². The number of hydrogen-bond acceptors (Lipinski definition) is 4. The van der Waals surface area contributed by atoms with Crippen molar-refractivity contribution in [3.63, 3.8) is 0 Å².